The van der Waals surface area contributed by atoms with Crippen LogP contribution in [0.1, 0.15) is 194 Å². The Labute approximate surface area is 602 Å². The van der Waals surface area contributed by atoms with Crippen LogP contribution in [0.4, 0.5) is 14.0 Å². The van der Waals surface area contributed by atoms with Crippen LogP contribution >= 0.6 is 0 Å². The van der Waals surface area contributed by atoms with Gasteiger partial charge in [-0.15, -0.1) is 13.2 Å². The highest BCUT2D eigenvalue weighted by Gasteiger charge is 2.63. The van der Waals surface area contributed by atoms with Crippen LogP contribution < -0.4 is 18.9 Å². The number of esters is 1. The molecule has 5 saturated carbocycles. The molecule has 6 amide bonds. The topological polar surface area (TPSA) is 322 Å². The Kier molecular flexibility index (Phi) is 21.5. The van der Waals surface area contributed by atoms with E-state index in [4.69, 9.17) is 23.7 Å². The standard InChI is InChI=1S/C38H51N3O10S.C37H48FN3O9S/c1-8-24-15-38(24,34(45)39-52(47,48)27-9-10-27)17-30(43)29-14-26(20-41(29)33(44)28(37(5,6)7)13-25(42)16-36(2,3)4)51-35(46)40-18-22-11-31-32(50-21-49-31)12-23(22)19-40;1-5-23-17-37(23,34(45)39-51(47,48)26-13-14-26)18-31(42)30-15-25(50-35(46)40-19-22-9-8-12-29(38)27(22)21-40)20-41(30)33(44)28(36(2,3)4)16-32(43)49-24-10-6-7-11-24/h8,11-12,24,26-29H,1,9-10,13-21H2,2-7H3,(H,39,45);5,8-9,12,23-26,28,30H,1,6-7,10-11,13-21H2,2-4H3,(H,39,45)/t24-,26+,28+,29?,38-;23-,25+,28+,30?,37-/m00/s1. The largest absolute Gasteiger partial charge is 0.462 e. The van der Waals surface area contributed by atoms with Gasteiger partial charge >= 0.3 is 18.2 Å². The number of fused-ring (bicyclic) bond motifs is 3. The summed E-state index contributed by atoms with van der Waals surface area (Å²) < 4.78 is 98.0. The Balaban J connectivity index is 0.000000207. The Hall–Kier alpha value is -7.75. The van der Waals surface area contributed by atoms with Gasteiger partial charge in [0.1, 0.15) is 29.9 Å². The first-order chi connectivity index (χ1) is 48.2. The third kappa shape index (κ3) is 17.2. The van der Waals surface area contributed by atoms with E-state index >= 15 is 0 Å². The molecule has 5 heterocycles. The maximum Gasteiger partial charge on any atom is 0.410 e. The number of ether oxygens (including phenoxy) is 5. The summed E-state index contributed by atoms with van der Waals surface area (Å²) in [6.07, 6.45) is 4.93. The number of likely N-dealkylation sites (tertiary alicyclic amines) is 2. The van der Waals surface area contributed by atoms with Crippen LogP contribution in [0.15, 0.2) is 55.6 Å². The van der Waals surface area contributed by atoms with Gasteiger partial charge < -0.3 is 33.5 Å². The second kappa shape index (κ2) is 29.0. The summed E-state index contributed by atoms with van der Waals surface area (Å²) in [5.74, 6) is -5.60. The van der Waals surface area contributed by atoms with Gasteiger partial charge in [0.2, 0.25) is 50.5 Å². The number of Topliss-reactive ketones (excluding diaryl/α,β-unsaturated/α-hetero) is 3. The number of ketones is 3. The van der Waals surface area contributed by atoms with E-state index in [0.29, 0.717) is 48.3 Å². The highest BCUT2D eigenvalue weighted by atomic mass is 32.2. The van der Waals surface area contributed by atoms with E-state index in [1.54, 1.807) is 18.2 Å². The monoisotopic (exact) mass is 1470 g/mol. The first-order valence-corrected chi connectivity index (χ1v) is 39.2. The SMILES string of the molecule is C=C[C@H]1C[C@@]1(CC(=O)C1C[C@@H](OC(=O)N2Cc3cc4c(cc3C2)OCO4)CN1C(=O)[C@@H](CC(=O)CC(C)(C)C)C(C)(C)C)C(=O)NS(=O)(=O)C1CC1.C=C[C@H]1C[C@@]1(CC(=O)C1C[C@@H](OC(=O)N2Cc3cccc(F)c3C2)CN1C(=O)[C@@H](CC(=O)OC1CCCC1)C(C)(C)C)C(=O)NS(=O)(=O)C1CC1. The maximum absolute atomic E-state index is 14.5. The summed E-state index contributed by atoms with van der Waals surface area (Å²) in [6, 6.07) is 6.15. The molecule has 0 aromatic heterocycles. The number of carbonyl (C=O) groups is 10. The van der Waals surface area contributed by atoms with Gasteiger partial charge in [0.15, 0.2) is 23.1 Å². The fraction of sp³-hybridized carbons (Fsp3) is 0.653. The zero-order valence-corrected chi connectivity index (χ0v) is 62.2. The highest BCUT2D eigenvalue weighted by Crippen LogP contribution is 2.58. The molecular weight excluding hydrogens is 1370 g/mol. The minimum atomic E-state index is -3.88. The predicted molar refractivity (Wildman–Crippen MR) is 372 cm³/mol. The van der Waals surface area contributed by atoms with E-state index in [0.717, 1.165) is 36.8 Å². The number of hydrogen-bond donors (Lipinski definition) is 2. The first kappa shape index (κ1) is 76.4. The molecule has 562 valence electrons. The van der Waals surface area contributed by atoms with Gasteiger partial charge in [-0.1, -0.05) is 86.6 Å². The number of nitrogens with one attached hydrogen (secondary N) is 2. The van der Waals surface area contributed by atoms with Gasteiger partial charge in [0.25, 0.3) is 0 Å². The van der Waals surface area contributed by atoms with Crippen LogP contribution in [-0.4, -0.2) is 156 Å². The van der Waals surface area contributed by atoms with Gasteiger partial charge in [-0.3, -0.25) is 57.6 Å². The smallest absolute Gasteiger partial charge is 0.410 e. The molecule has 5 aliphatic heterocycles. The lowest BCUT2D eigenvalue weighted by atomic mass is 9.75. The van der Waals surface area contributed by atoms with E-state index in [9.17, 15) is 69.2 Å². The molecule has 12 rings (SSSR count). The second-order valence-electron chi connectivity index (χ2n) is 33.5. The number of hydrogen-bond acceptors (Lipinski definition) is 19. The first-order valence-electron chi connectivity index (χ1n) is 36.1. The molecule has 2 aromatic rings. The number of halogens is 1. The van der Waals surface area contributed by atoms with E-state index in [1.165, 1.54) is 31.7 Å². The van der Waals surface area contributed by atoms with Crippen molar-refractivity contribution in [3.05, 3.63) is 83.7 Å². The normalized spacial score (nSPS) is 26.2. The van der Waals surface area contributed by atoms with Crippen LogP contribution in [0.2, 0.25) is 0 Å². The van der Waals surface area contributed by atoms with Crippen molar-refractivity contribution < 1.29 is 92.9 Å². The second-order valence-corrected chi connectivity index (χ2v) is 37.4. The quantitative estimate of drug-likeness (QED) is 0.0561. The average Bonchev–Trinajstić information content (AvgIpc) is 1.58. The van der Waals surface area contributed by atoms with E-state index in [-0.39, 0.29) is 121 Å². The molecule has 28 heteroatoms. The number of allylic oxidation sites excluding steroid dienone is 2. The van der Waals surface area contributed by atoms with Gasteiger partial charge in [-0.2, -0.15) is 0 Å². The Bertz CT molecular complexity index is 3980. The Morgan fingerprint density at radius 2 is 1.04 bits per heavy atom. The summed E-state index contributed by atoms with van der Waals surface area (Å²) in [5, 5.41) is -1.26. The van der Waals surface area contributed by atoms with Crippen molar-refractivity contribution in [3.63, 3.8) is 0 Å². The van der Waals surface area contributed by atoms with E-state index in [1.807, 2.05) is 74.4 Å². The van der Waals surface area contributed by atoms with Crippen molar-refractivity contribution in [2.24, 2.45) is 50.7 Å². The minimum absolute atomic E-state index is 0.00327. The van der Waals surface area contributed by atoms with E-state index in [2.05, 4.69) is 22.6 Å². The number of carbonyl (C=O) groups excluding carboxylic acids is 10. The third-order valence-corrected chi connectivity index (χ3v) is 25.8. The van der Waals surface area contributed by atoms with Crippen LogP contribution in [0.5, 0.6) is 11.5 Å². The molecule has 0 spiro atoms. The molecule has 2 saturated heterocycles. The zero-order chi connectivity index (χ0) is 74.8. The average molecular weight is 1470 g/mol. The molecule has 10 atom stereocenters. The van der Waals surface area contributed by atoms with Crippen LogP contribution in [0.25, 0.3) is 0 Å². The molecule has 103 heavy (non-hydrogen) atoms. The zero-order valence-electron chi connectivity index (χ0n) is 60.5. The molecular formula is C75H99FN6O19S2. The third-order valence-electron chi connectivity index (χ3n) is 22.2. The number of rotatable bonds is 24. The summed E-state index contributed by atoms with van der Waals surface area (Å²) in [7, 11) is -7.74. The molecule has 0 radical (unpaired) electrons. The number of sulfonamides is 2. The van der Waals surface area contributed by atoms with Gasteiger partial charge in [0, 0.05) is 69.6 Å². The van der Waals surface area contributed by atoms with Gasteiger partial charge in [-0.25, -0.2) is 30.8 Å². The summed E-state index contributed by atoms with van der Waals surface area (Å²) in [4.78, 5) is 143. The van der Waals surface area contributed by atoms with Crippen molar-refractivity contribution in [2.45, 2.75) is 239 Å². The molecule has 2 N–H and O–H groups in total. The van der Waals surface area contributed by atoms with Gasteiger partial charge in [0.05, 0.1) is 65.4 Å². The van der Waals surface area contributed by atoms with Crippen molar-refractivity contribution >= 4 is 79.2 Å². The van der Waals surface area contributed by atoms with Crippen molar-refractivity contribution in [2.75, 3.05) is 19.9 Å². The summed E-state index contributed by atoms with van der Waals surface area (Å²) in [6.45, 7) is 25.2. The summed E-state index contributed by atoms with van der Waals surface area (Å²) in [5.41, 5.74) is -1.44. The Morgan fingerprint density at radius 3 is 1.45 bits per heavy atom. The molecule has 25 nitrogen and oxygen atoms in total. The molecule has 7 fully saturated rings. The lowest BCUT2D eigenvalue weighted by Crippen LogP contribution is -2.48. The molecule has 2 unspecified atom stereocenters. The number of nitrogens with zero attached hydrogens (tertiary/aromatic N) is 4. The minimum Gasteiger partial charge on any atom is -0.462 e. The molecule has 5 aliphatic carbocycles. The van der Waals surface area contributed by atoms with Crippen molar-refractivity contribution in [1.82, 2.24) is 29.0 Å². The predicted octanol–water partition coefficient (Wildman–Crippen LogP) is 9.20. The molecule has 2 aromatic carbocycles. The van der Waals surface area contributed by atoms with Crippen LogP contribution in [0, 0.1) is 56.6 Å². The van der Waals surface area contributed by atoms with Crippen molar-refractivity contribution in [3.8, 4) is 11.5 Å². The summed E-state index contributed by atoms with van der Waals surface area (Å²) >= 11 is 0. The van der Waals surface area contributed by atoms with Crippen LogP contribution in [-0.2, 0) is 98.8 Å². The Morgan fingerprint density at radius 1 is 0.602 bits per heavy atom. The lowest BCUT2D eigenvalue weighted by Gasteiger charge is -2.35. The number of amides is 6. The lowest BCUT2D eigenvalue weighted by molar-refractivity contribution is -0.156. The fourth-order valence-corrected chi connectivity index (χ4v) is 18.3. The van der Waals surface area contributed by atoms with Gasteiger partial charge in [-0.05, 0) is 127 Å². The van der Waals surface area contributed by atoms with E-state index < -0.39 is 159 Å². The fourth-order valence-electron chi connectivity index (χ4n) is 15.6. The maximum atomic E-state index is 14.5. The van der Waals surface area contributed by atoms with Crippen molar-refractivity contribution in [1.29, 1.82) is 0 Å². The molecule has 10 aliphatic rings. The number of benzene rings is 2. The molecule has 0 bridgehead atoms. The van der Waals surface area contributed by atoms with Crippen LogP contribution in [0.3, 0.4) is 0 Å². The highest BCUT2D eigenvalue weighted by molar-refractivity contribution is 7.91.